The second-order valence-corrected chi connectivity index (χ2v) is 6.15. The molecule has 1 amide bonds. The molecule has 0 spiro atoms. The van der Waals surface area contributed by atoms with Crippen LogP contribution >= 0.6 is 11.6 Å². The number of hydrogen-bond acceptors (Lipinski definition) is 3. The summed E-state index contributed by atoms with van der Waals surface area (Å²) < 4.78 is 0. The van der Waals surface area contributed by atoms with Crippen molar-refractivity contribution in [2.75, 3.05) is 6.54 Å². The number of aromatic amines is 1. The van der Waals surface area contributed by atoms with E-state index in [1.54, 1.807) is 18.3 Å². The number of nitrogens with one attached hydrogen (secondary N) is 2. The molecule has 6 heteroatoms. The maximum absolute atomic E-state index is 12.5. The van der Waals surface area contributed by atoms with Crippen molar-refractivity contribution >= 4 is 28.4 Å². The molecule has 1 aliphatic rings. The molecule has 21 heavy (non-hydrogen) atoms. The average Bonchev–Trinajstić information content (AvgIpc) is 2.95. The monoisotopic (exact) mass is 306 g/mol. The van der Waals surface area contributed by atoms with Crippen LogP contribution in [0, 0.1) is 5.92 Å². The van der Waals surface area contributed by atoms with Gasteiger partial charge in [0.15, 0.2) is 0 Å². The molecule has 1 aromatic heterocycles. The second kappa shape index (κ2) is 6.03. The molecule has 0 bridgehead atoms. The Morgan fingerprint density at radius 1 is 1.38 bits per heavy atom. The second-order valence-electron chi connectivity index (χ2n) is 5.71. The molecule has 112 valence electrons. The maximum atomic E-state index is 12.5. The third-order valence-corrected chi connectivity index (χ3v) is 4.50. The minimum Gasteiger partial charge on any atom is -0.349 e. The number of nitrogens with two attached hydrogens (primary N) is 1. The molecule has 0 radical (unpaired) electrons. The fourth-order valence-electron chi connectivity index (χ4n) is 3.01. The van der Waals surface area contributed by atoms with Gasteiger partial charge in [0.25, 0.3) is 5.91 Å². The molecule has 2 aromatic rings. The molecular weight excluding hydrogens is 288 g/mol. The number of aromatic nitrogens is 2. The van der Waals surface area contributed by atoms with Crippen molar-refractivity contribution in [2.45, 2.75) is 31.7 Å². The zero-order chi connectivity index (χ0) is 14.8. The fourth-order valence-corrected chi connectivity index (χ4v) is 3.23. The molecule has 1 heterocycles. The predicted octanol–water partition coefficient (Wildman–Crippen LogP) is 2.46. The lowest BCUT2D eigenvalue weighted by Gasteiger charge is -2.28. The highest BCUT2D eigenvalue weighted by molar-refractivity contribution is 6.32. The first-order valence-electron chi connectivity index (χ1n) is 7.31. The molecule has 0 saturated heterocycles. The van der Waals surface area contributed by atoms with Gasteiger partial charge in [-0.25, -0.2) is 0 Å². The zero-order valence-corrected chi connectivity index (χ0v) is 12.5. The molecule has 1 aliphatic carbocycles. The van der Waals surface area contributed by atoms with Crippen molar-refractivity contribution in [1.29, 1.82) is 0 Å². The van der Waals surface area contributed by atoms with Crippen LogP contribution in [-0.2, 0) is 0 Å². The van der Waals surface area contributed by atoms with Crippen LogP contribution in [0.5, 0.6) is 0 Å². The summed E-state index contributed by atoms with van der Waals surface area (Å²) >= 11 is 6.06. The van der Waals surface area contributed by atoms with E-state index in [4.69, 9.17) is 17.3 Å². The summed E-state index contributed by atoms with van der Waals surface area (Å²) in [6.07, 6.45) is 5.80. The highest BCUT2D eigenvalue weighted by Gasteiger charge is 2.23. The smallest absolute Gasteiger partial charge is 0.252 e. The molecule has 1 fully saturated rings. The normalized spacial score (nSPS) is 22.4. The van der Waals surface area contributed by atoms with E-state index >= 15 is 0 Å². The van der Waals surface area contributed by atoms with E-state index in [1.807, 2.05) is 0 Å². The third-order valence-electron chi connectivity index (χ3n) is 4.28. The summed E-state index contributed by atoms with van der Waals surface area (Å²) in [6.45, 7) is 0.741. The topological polar surface area (TPSA) is 83.8 Å². The predicted molar refractivity (Wildman–Crippen MR) is 83.4 cm³/mol. The minimum atomic E-state index is -0.0832. The van der Waals surface area contributed by atoms with Crippen LogP contribution in [0.2, 0.25) is 5.02 Å². The van der Waals surface area contributed by atoms with Gasteiger partial charge in [0.05, 0.1) is 17.3 Å². The molecule has 1 aromatic carbocycles. The Labute approximate surface area is 128 Å². The number of halogens is 1. The molecule has 1 saturated carbocycles. The van der Waals surface area contributed by atoms with Gasteiger partial charge in [-0.05, 0) is 50.3 Å². The van der Waals surface area contributed by atoms with Crippen molar-refractivity contribution in [3.8, 4) is 0 Å². The Morgan fingerprint density at radius 2 is 2.14 bits per heavy atom. The largest absolute Gasteiger partial charge is 0.349 e. The van der Waals surface area contributed by atoms with Gasteiger partial charge >= 0.3 is 0 Å². The molecule has 3 rings (SSSR count). The van der Waals surface area contributed by atoms with Crippen molar-refractivity contribution in [1.82, 2.24) is 15.5 Å². The molecule has 4 N–H and O–H groups in total. The minimum absolute atomic E-state index is 0.0832. The summed E-state index contributed by atoms with van der Waals surface area (Å²) in [5.41, 5.74) is 7.05. The van der Waals surface area contributed by atoms with Crippen LogP contribution in [-0.4, -0.2) is 28.7 Å². The van der Waals surface area contributed by atoms with Gasteiger partial charge in [0.1, 0.15) is 0 Å². The zero-order valence-electron chi connectivity index (χ0n) is 11.7. The van der Waals surface area contributed by atoms with E-state index in [0.717, 1.165) is 43.1 Å². The first kappa shape index (κ1) is 14.4. The SMILES string of the molecule is NCC1CCC(NC(=O)c2cc(Cl)cc3[nH]ncc23)CC1. The number of carbonyl (C=O) groups is 1. The summed E-state index contributed by atoms with van der Waals surface area (Å²) in [7, 11) is 0. The first-order chi connectivity index (χ1) is 10.2. The quantitative estimate of drug-likeness (QED) is 0.814. The number of carbonyl (C=O) groups excluding carboxylic acids is 1. The summed E-state index contributed by atoms with van der Waals surface area (Å²) in [6, 6.07) is 3.69. The fraction of sp³-hybridized carbons (Fsp3) is 0.467. The molecule has 0 aliphatic heterocycles. The van der Waals surface area contributed by atoms with Crippen LogP contribution in [0.3, 0.4) is 0 Å². The standard InChI is InChI=1S/C15H19ClN4O/c16-10-5-12(13-8-18-20-14(13)6-10)15(21)19-11-3-1-9(7-17)2-4-11/h5-6,8-9,11H,1-4,7,17H2,(H,18,20)(H,19,21). The Hall–Kier alpha value is -1.59. The molecule has 0 atom stereocenters. The first-order valence-corrected chi connectivity index (χ1v) is 7.68. The molecule has 0 unspecified atom stereocenters. The van der Waals surface area contributed by atoms with Gasteiger partial charge in [-0.15, -0.1) is 0 Å². The number of hydrogen-bond donors (Lipinski definition) is 3. The molecule has 5 nitrogen and oxygen atoms in total. The Bertz CT molecular complexity index is 646. The van der Waals surface area contributed by atoms with E-state index in [9.17, 15) is 4.79 Å². The Kier molecular flexibility index (Phi) is 4.12. The van der Waals surface area contributed by atoms with Crippen molar-refractivity contribution in [3.63, 3.8) is 0 Å². The van der Waals surface area contributed by atoms with Gasteiger partial charge < -0.3 is 11.1 Å². The van der Waals surface area contributed by atoms with Crippen LogP contribution in [0.15, 0.2) is 18.3 Å². The number of fused-ring (bicyclic) bond motifs is 1. The number of benzene rings is 1. The summed E-state index contributed by atoms with van der Waals surface area (Å²) in [5, 5.41) is 11.3. The molecular formula is C15H19ClN4O. The summed E-state index contributed by atoms with van der Waals surface area (Å²) in [5.74, 6) is 0.519. The van der Waals surface area contributed by atoms with Crippen LogP contribution in [0.1, 0.15) is 36.0 Å². The van der Waals surface area contributed by atoms with E-state index in [-0.39, 0.29) is 11.9 Å². The lowest BCUT2D eigenvalue weighted by Crippen LogP contribution is -2.38. The van der Waals surface area contributed by atoms with Gasteiger partial charge in [-0.1, -0.05) is 11.6 Å². The Morgan fingerprint density at radius 3 is 2.86 bits per heavy atom. The Balaban J connectivity index is 1.74. The van der Waals surface area contributed by atoms with E-state index in [2.05, 4.69) is 15.5 Å². The number of rotatable bonds is 3. The maximum Gasteiger partial charge on any atom is 0.252 e. The lowest BCUT2D eigenvalue weighted by molar-refractivity contribution is 0.0924. The third kappa shape index (κ3) is 3.04. The highest BCUT2D eigenvalue weighted by atomic mass is 35.5. The van der Waals surface area contributed by atoms with Gasteiger partial charge in [-0.2, -0.15) is 5.10 Å². The van der Waals surface area contributed by atoms with Crippen LogP contribution in [0.4, 0.5) is 0 Å². The van der Waals surface area contributed by atoms with Gasteiger partial charge in [0, 0.05) is 16.5 Å². The van der Waals surface area contributed by atoms with Gasteiger partial charge in [0.2, 0.25) is 0 Å². The highest BCUT2D eigenvalue weighted by Crippen LogP contribution is 2.25. The van der Waals surface area contributed by atoms with Crippen LogP contribution < -0.4 is 11.1 Å². The van der Waals surface area contributed by atoms with E-state index in [0.29, 0.717) is 16.5 Å². The van der Waals surface area contributed by atoms with Crippen molar-refractivity contribution in [2.24, 2.45) is 11.7 Å². The van der Waals surface area contributed by atoms with Crippen molar-refractivity contribution in [3.05, 3.63) is 28.9 Å². The average molecular weight is 307 g/mol. The van der Waals surface area contributed by atoms with E-state index < -0.39 is 0 Å². The number of nitrogens with zero attached hydrogens (tertiary/aromatic N) is 1. The number of H-pyrrole nitrogens is 1. The number of amides is 1. The van der Waals surface area contributed by atoms with Gasteiger partial charge in [-0.3, -0.25) is 9.89 Å². The lowest BCUT2D eigenvalue weighted by atomic mass is 9.86. The van der Waals surface area contributed by atoms with Crippen molar-refractivity contribution < 1.29 is 4.79 Å². The van der Waals surface area contributed by atoms with Crippen LogP contribution in [0.25, 0.3) is 10.9 Å². The van der Waals surface area contributed by atoms with E-state index in [1.165, 1.54) is 0 Å². The summed E-state index contributed by atoms with van der Waals surface area (Å²) in [4.78, 5) is 12.5.